The van der Waals surface area contributed by atoms with E-state index in [-0.39, 0.29) is 11.1 Å². The average molecular weight is 282 g/mol. The molecule has 0 fully saturated rings. The van der Waals surface area contributed by atoms with Gasteiger partial charge in [0, 0.05) is 10.2 Å². The first-order valence-corrected chi connectivity index (χ1v) is 7.12. The third-order valence-corrected chi connectivity index (χ3v) is 4.24. The molecule has 19 heavy (non-hydrogen) atoms. The van der Waals surface area contributed by atoms with E-state index < -0.39 is 11.9 Å². The highest BCUT2D eigenvalue weighted by atomic mass is 28.1. The number of aromatic carboxylic acids is 2. The average Bonchev–Trinajstić information content (AvgIpc) is 2.28. The van der Waals surface area contributed by atoms with Crippen LogP contribution in [0.3, 0.4) is 0 Å². The number of hydrogen-bond acceptors (Lipinski definition) is 2. The molecule has 4 nitrogen and oxygen atoms in total. The van der Waals surface area contributed by atoms with Crippen LogP contribution in [-0.2, 0) is 0 Å². The van der Waals surface area contributed by atoms with Crippen molar-refractivity contribution < 1.29 is 19.8 Å². The van der Waals surface area contributed by atoms with E-state index in [0.29, 0.717) is 5.04 Å². The smallest absolute Gasteiger partial charge is 0.335 e. The molecular weight excluding hydrogens is 260 g/mol. The van der Waals surface area contributed by atoms with Crippen molar-refractivity contribution in [2.75, 3.05) is 0 Å². The lowest BCUT2D eigenvalue weighted by molar-refractivity contribution is 0.0696. The second-order valence-electron chi connectivity index (χ2n) is 5.71. The second-order valence-corrected chi connectivity index (χ2v) is 8.29. The third kappa shape index (κ3) is 6.76. The molecule has 0 atom stereocenters. The zero-order valence-corrected chi connectivity index (χ0v) is 14.1. The van der Waals surface area contributed by atoms with Gasteiger partial charge in [0.2, 0.25) is 0 Å². The fourth-order valence-electron chi connectivity index (χ4n) is 0.785. The van der Waals surface area contributed by atoms with E-state index in [9.17, 15) is 9.59 Å². The Morgan fingerprint density at radius 1 is 1.11 bits per heavy atom. The second kappa shape index (κ2) is 7.09. The minimum absolute atomic E-state index is 0.0186. The van der Waals surface area contributed by atoms with Crippen LogP contribution in [0.5, 0.6) is 0 Å². The molecule has 1 aromatic rings. The number of benzene rings is 1. The number of rotatable bonds is 3. The maximum Gasteiger partial charge on any atom is 0.335 e. The molecule has 0 aliphatic carbocycles. The Bertz CT molecular complexity index is 418. The van der Waals surface area contributed by atoms with E-state index in [1.54, 1.807) is 0 Å². The molecule has 0 aromatic heterocycles. The standard InChI is InChI=1S/C8H6O4.C6H16Si/c9-7(10)5-2-1-3-6(4-5)8(11)12;1-5(2)6(3,4)7/h1-4H,(H,9,10)(H,11,12);5H,1-4,7H3. The predicted molar refractivity (Wildman–Crippen MR) is 79.2 cm³/mol. The summed E-state index contributed by atoms with van der Waals surface area (Å²) in [6.07, 6.45) is 0. The molecule has 5 heteroatoms. The van der Waals surface area contributed by atoms with Crippen molar-refractivity contribution in [1.29, 1.82) is 0 Å². The number of carbonyl (C=O) groups is 2. The van der Waals surface area contributed by atoms with E-state index in [2.05, 4.69) is 27.7 Å². The first-order valence-electron chi connectivity index (χ1n) is 6.12. The third-order valence-electron chi connectivity index (χ3n) is 3.09. The van der Waals surface area contributed by atoms with Crippen molar-refractivity contribution >= 4 is 22.2 Å². The Balaban J connectivity index is 0.000000399. The lowest BCUT2D eigenvalue weighted by atomic mass is 9.99. The van der Waals surface area contributed by atoms with Crippen LogP contribution >= 0.6 is 0 Å². The molecule has 106 valence electrons. The molecule has 1 rings (SSSR count). The zero-order valence-electron chi connectivity index (χ0n) is 12.1. The molecule has 0 aliphatic rings. The van der Waals surface area contributed by atoms with Crippen LogP contribution < -0.4 is 0 Å². The molecule has 0 radical (unpaired) electrons. The van der Waals surface area contributed by atoms with E-state index in [4.69, 9.17) is 10.2 Å². The molecule has 0 bridgehead atoms. The lowest BCUT2D eigenvalue weighted by Gasteiger charge is -2.22. The highest BCUT2D eigenvalue weighted by molar-refractivity contribution is 6.14. The molecule has 0 aliphatic heterocycles. The van der Waals surface area contributed by atoms with E-state index in [0.717, 1.165) is 12.0 Å². The molecule has 0 spiro atoms. The topological polar surface area (TPSA) is 74.6 Å². The summed E-state index contributed by atoms with van der Waals surface area (Å²) in [6, 6.07) is 5.20. The first-order chi connectivity index (χ1) is 8.55. The fraction of sp³-hybridized carbons (Fsp3) is 0.429. The molecule has 2 N–H and O–H groups in total. The molecule has 0 saturated carbocycles. The van der Waals surface area contributed by atoms with Gasteiger partial charge in [-0.3, -0.25) is 0 Å². The van der Waals surface area contributed by atoms with Crippen LogP contribution in [0.25, 0.3) is 0 Å². The first kappa shape index (κ1) is 17.4. The molecule has 0 heterocycles. The minimum Gasteiger partial charge on any atom is -0.478 e. The molecule has 0 amide bonds. The van der Waals surface area contributed by atoms with Gasteiger partial charge in [0.25, 0.3) is 0 Å². The molecule has 0 saturated heterocycles. The highest BCUT2D eigenvalue weighted by Crippen LogP contribution is 2.28. The van der Waals surface area contributed by atoms with Crippen molar-refractivity contribution in [3.63, 3.8) is 0 Å². The van der Waals surface area contributed by atoms with Crippen LogP contribution in [0, 0.1) is 5.92 Å². The summed E-state index contributed by atoms with van der Waals surface area (Å²) in [5.41, 5.74) is -0.0372. The van der Waals surface area contributed by atoms with Gasteiger partial charge in [0.1, 0.15) is 0 Å². The van der Waals surface area contributed by atoms with Gasteiger partial charge in [-0.05, 0) is 29.2 Å². The Hall–Kier alpha value is -1.62. The van der Waals surface area contributed by atoms with E-state index in [1.165, 1.54) is 28.4 Å². The molecule has 0 unspecified atom stereocenters. The van der Waals surface area contributed by atoms with Gasteiger partial charge < -0.3 is 10.2 Å². The monoisotopic (exact) mass is 282 g/mol. The van der Waals surface area contributed by atoms with Crippen LogP contribution in [0.15, 0.2) is 24.3 Å². The summed E-state index contributed by atoms with van der Waals surface area (Å²) in [5, 5.41) is 17.6. The summed E-state index contributed by atoms with van der Waals surface area (Å²) in [5.74, 6) is -1.39. The highest BCUT2D eigenvalue weighted by Gasteiger charge is 2.13. The van der Waals surface area contributed by atoms with Gasteiger partial charge in [0.05, 0.1) is 11.1 Å². The summed E-state index contributed by atoms with van der Waals surface area (Å²) in [6.45, 7) is 9.22. The number of carboxylic acids is 2. The maximum absolute atomic E-state index is 10.4. The van der Waals surface area contributed by atoms with E-state index in [1.807, 2.05) is 0 Å². The Kier molecular flexibility index (Phi) is 6.48. The van der Waals surface area contributed by atoms with Crippen molar-refractivity contribution in [1.82, 2.24) is 0 Å². The zero-order chi connectivity index (χ0) is 15.2. The van der Waals surface area contributed by atoms with Crippen molar-refractivity contribution in [3.05, 3.63) is 35.4 Å². The van der Waals surface area contributed by atoms with Crippen molar-refractivity contribution in [2.45, 2.75) is 32.7 Å². The van der Waals surface area contributed by atoms with Gasteiger partial charge in [-0.1, -0.05) is 33.8 Å². The van der Waals surface area contributed by atoms with Crippen LogP contribution in [0.2, 0.25) is 5.04 Å². The van der Waals surface area contributed by atoms with Gasteiger partial charge in [-0.25, -0.2) is 9.59 Å². The Morgan fingerprint density at radius 3 is 1.63 bits per heavy atom. The molecule has 1 aromatic carbocycles. The predicted octanol–water partition coefficient (Wildman–Crippen LogP) is 2.29. The minimum atomic E-state index is -1.13. The van der Waals surface area contributed by atoms with Gasteiger partial charge in [-0.2, -0.15) is 0 Å². The van der Waals surface area contributed by atoms with Gasteiger partial charge in [0.15, 0.2) is 0 Å². The summed E-state index contributed by atoms with van der Waals surface area (Å²) >= 11 is 0. The molecular formula is C14H22O4Si. The largest absolute Gasteiger partial charge is 0.478 e. The normalized spacial score (nSPS) is 10.8. The summed E-state index contributed by atoms with van der Waals surface area (Å²) < 4.78 is 0. The van der Waals surface area contributed by atoms with Crippen molar-refractivity contribution in [3.8, 4) is 0 Å². The van der Waals surface area contributed by atoms with Gasteiger partial charge >= 0.3 is 11.9 Å². The summed E-state index contributed by atoms with van der Waals surface area (Å²) in [4.78, 5) is 20.8. The lowest BCUT2D eigenvalue weighted by Crippen LogP contribution is -2.09. The Labute approximate surface area is 116 Å². The van der Waals surface area contributed by atoms with E-state index >= 15 is 0 Å². The summed E-state index contributed by atoms with van der Waals surface area (Å²) in [7, 11) is 1.31. The van der Waals surface area contributed by atoms with Crippen LogP contribution in [-0.4, -0.2) is 32.4 Å². The van der Waals surface area contributed by atoms with Crippen molar-refractivity contribution in [2.24, 2.45) is 5.92 Å². The number of carboxylic acid groups (broad SMARTS) is 2. The number of hydrogen-bond donors (Lipinski definition) is 2. The Morgan fingerprint density at radius 2 is 1.42 bits per heavy atom. The SMILES string of the molecule is CC(C)C(C)(C)[SiH3].O=C(O)c1cccc(C(=O)O)c1. The van der Waals surface area contributed by atoms with Crippen LogP contribution in [0.4, 0.5) is 0 Å². The quantitative estimate of drug-likeness (QED) is 0.834. The van der Waals surface area contributed by atoms with Crippen LogP contribution in [0.1, 0.15) is 48.4 Å². The van der Waals surface area contributed by atoms with Gasteiger partial charge in [-0.15, -0.1) is 0 Å². The maximum atomic E-state index is 10.4. The fourth-order valence-corrected chi connectivity index (χ4v) is 0.785.